The van der Waals surface area contributed by atoms with Gasteiger partial charge in [-0.1, -0.05) is 29.8 Å². The third-order valence-corrected chi connectivity index (χ3v) is 5.09. The Bertz CT molecular complexity index is 1110. The number of hydrogen-bond acceptors (Lipinski definition) is 3. The van der Waals surface area contributed by atoms with Crippen LogP contribution in [0.4, 0.5) is 5.69 Å². The Labute approximate surface area is 172 Å². The summed E-state index contributed by atoms with van der Waals surface area (Å²) in [5, 5.41) is 9.83. The van der Waals surface area contributed by atoms with Gasteiger partial charge < -0.3 is 20.5 Å². The van der Waals surface area contributed by atoms with Crippen LogP contribution < -0.4 is 16.0 Å². The van der Waals surface area contributed by atoms with Crippen LogP contribution in [0, 0.1) is 0 Å². The summed E-state index contributed by atoms with van der Waals surface area (Å²) in [5.74, 6) is -1.11. The fourth-order valence-electron chi connectivity index (χ4n) is 3.38. The van der Waals surface area contributed by atoms with Crippen molar-refractivity contribution in [3.8, 4) is 0 Å². The van der Waals surface area contributed by atoms with Crippen molar-refractivity contribution < 1.29 is 14.4 Å². The van der Waals surface area contributed by atoms with Crippen molar-refractivity contribution in [1.29, 1.82) is 0 Å². The Morgan fingerprint density at radius 2 is 1.97 bits per heavy atom. The van der Waals surface area contributed by atoms with Gasteiger partial charge in [-0.15, -0.1) is 0 Å². The predicted octanol–water partition coefficient (Wildman–Crippen LogP) is 2.55. The van der Waals surface area contributed by atoms with Crippen LogP contribution in [0.3, 0.4) is 0 Å². The lowest BCUT2D eigenvalue weighted by atomic mass is 10.1. The van der Waals surface area contributed by atoms with E-state index >= 15 is 0 Å². The minimum Gasteiger partial charge on any atom is -0.354 e. The highest BCUT2D eigenvalue weighted by Crippen LogP contribution is 2.21. The van der Waals surface area contributed by atoms with Crippen molar-refractivity contribution in [2.24, 2.45) is 0 Å². The zero-order valence-electron chi connectivity index (χ0n) is 15.4. The smallest absolute Gasteiger partial charge is 0.254 e. The van der Waals surface area contributed by atoms with Crippen LogP contribution in [0.5, 0.6) is 0 Å². The van der Waals surface area contributed by atoms with Gasteiger partial charge in [-0.05, 0) is 35.7 Å². The van der Waals surface area contributed by atoms with Gasteiger partial charge in [0, 0.05) is 29.8 Å². The largest absolute Gasteiger partial charge is 0.354 e. The molecule has 2 aromatic carbocycles. The number of hydrogen-bond donors (Lipinski definition) is 3. The molecule has 3 amide bonds. The Morgan fingerprint density at radius 1 is 1.14 bits per heavy atom. The molecule has 148 valence electrons. The molecule has 0 saturated heterocycles. The summed E-state index contributed by atoms with van der Waals surface area (Å²) in [4.78, 5) is 37.0. The van der Waals surface area contributed by atoms with Crippen molar-refractivity contribution in [3.63, 3.8) is 0 Å². The molecule has 4 rings (SSSR count). The van der Waals surface area contributed by atoms with Crippen LogP contribution in [0.1, 0.15) is 16.8 Å². The summed E-state index contributed by atoms with van der Waals surface area (Å²) in [5.41, 5.74) is 1.80. The second kappa shape index (κ2) is 7.97. The molecule has 29 heavy (non-hydrogen) atoms. The molecule has 0 unspecified atom stereocenters. The lowest BCUT2D eigenvalue weighted by molar-refractivity contribution is -0.125. The van der Waals surface area contributed by atoms with Crippen LogP contribution in [0.25, 0.3) is 10.9 Å². The first-order valence-corrected chi connectivity index (χ1v) is 9.61. The number of nitrogens with one attached hydrogen (secondary N) is 3. The van der Waals surface area contributed by atoms with Crippen LogP contribution in [-0.4, -0.2) is 34.9 Å². The Kier molecular flexibility index (Phi) is 5.22. The molecule has 0 aliphatic carbocycles. The molecule has 3 N–H and O–H groups in total. The first-order chi connectivity index (χ1) is 14.0. The van der Waals surface area contributed by atoms with Gasteiger partial charge in [0.05, 0.1) is 17.7 Å². The summed E-state index contributed by atoms with van der Waals surface area (Å²) in [7, 11) is 0. The molecular formula is C21H19ClN4O3. The second-order valence-electron chi connectivity index (χ2n) is 6.83. The van der Waals surface area contributed by atoms with Crippen molar-refractivity contribution in [3.05, 3.63) is 65.3 Å². The Morgan fingerprint density at radius 3 is 2.83 bits per heavy atom. The van der Waals surface area contributed by atoms with Crippen molar-refractivity contribution >= 4 is 45.9 Å². The number of amides is 3. The number of anilines is 1. The molecule has 3 aromatic rings. The zero-order chi connectivity index (χ0) is 20.4. The number of nitrogens with zero attached hydrogens (tertiary/aromatic N) is 1. The average molecular weight is 411 g/mol. The van der Waals surface area contributed by atoms with E-state index in [2.05, 4.69) is 16.0 Å². The van der Waals surface area contributed by atoms with Gasteiger partial charge in [-0.2, -0.15) is 0 Å². The summed E-state index contributed by atoms with van der Waals surface area (Å²) in [6.45, 7) is 0.946. The molecule has 0 saturated carbocycles. The van der Waals surface area contributed by atoms with Gasteiger partial charge in [-0.25, -0.2) is 0 Å². The maximum Gasteiger partial charge on any atom is 0.254 e. The predicted molar refractivity (Wildman–Crippen MR) is 111 cm³/mol. The van der Waals surface area contributed by atoms with E-state index < -0.39 is 11.9 Å². The quantitative estimate of drug-likeness (QED) is 0.603. The Balaban J connectivity index is 1.34. The van der Waals surface area contributed by atoms with E-state index in [1.807, 2.05) is 35.0 Å². The number of benzene rings is 2. The molecule has 0 spiro atoms. The minimum absolute atomic E-state index is 0.135. The summed E-state index contributed by atoms with van der Waals surface area (Å²) in [6, 6.07) is 13.4. The van der Waals surface area contributed by atoms with Gasteiger partial charge in [0.2, 0.25) is 11.8 Å². The summed E-state index contributed by atoms with van der Waals surface area (Å²) < 4.78 is 2.00. The summed E-state index contributed by atoms with van der Waals surface area (Å²) >= 11 is 6.06. The standard InChI is InChI=1S/C21H19ClN4O3/c22-14-6-5-13-7-9-26(18(13)11-14)10-8-23-19(27)12-17-21(29)24-16-4-2-1-3-15(16)20(28)25-17/h1-7,9,11,17H,8,10,12H2,(H,23,27)(H,24,29)(H,25,28)/t17-/m0/s1. The van der Waals surface area contributed by atoms with Gasteiger partial charge in [0.15, 0.2) is 0 Å². The Hall–Kier alpha value is -3.32. The van der Waals surface area contributed by atoms with Crippen molar-refractivity contribution in [1.82, 2.24) is 15.2 Å². The van der Waals surface area contributed by atoms with E-state index in [-0.39, 0.29) is 18.2 Å². The lowest BCUT2D eigenvalue weighted by Crippen LogP contribution is -2.44. The van der Waals surface area contributed by atoms with Crippen molar-refractivity contribution in [2.75, 3.05) is 11.9 Å². The number of carbonyl (C=O) groups is 3. The van der Waals surface area contributed by atoms with Gasteiger partial charge in [0.1, 0.15) is 6.04 Å². The lowest BCUT2D eigenvalue weighted by Gasteiger charge is -2.14. The van der Waals surface area contributed by atoms with E-state index in [1.165, 1.54) is 0 Å². The van der Waals surface area contributed by atoms with Crippen molar-refractivity contribution in [2.45, 2.75) is 19.0 Å². The first kappa shape index (κ1) is 19.0. The molecule has 0 bridgehead atoms. The van der Waals surface area contributed by atoms with Crippen LogP contribution >= 0.6 is 11.6 Å². The van der Waals surface area contributed by atoms with Crippen LogP contribution in [-0.2, 0) is 16.1 Å². The number of carbonyl (C=O) groups excluding carboxylic acids is 3. The molecular weight excluding hydrogens is 392 g/mol. The van der Waals surface area contributed by atoms with Gasteiger partial charge >= 0.3 is 0 Å². The van der Waals surface area contributed by atoms with Gasteiger partial charge in [0.25, 0.3) is 5.91 Å². The summed E-state index contributed by atoms with van der Waals surface area (Å²) in [6.07, 6.45) is 1.80. The van der Waals surface area contributed by atoms with E-state index in [9.17, 15) is 14.4 Å². The van der Waals surface area contributed by atoms with E-state index in [0.717, 1.165) is 10.9 Å². The van der Waals surface area contributed by atoms with E-state index in [1.54, 1.807) is 24.3 Å². The van der Waals surface area contributed by atoms with Crippen LogP contribution in [0.2, 0.25) is 5.02 Å². The molecule has 8 heteroatoms. The maximum atomic E-state index is 12.4. The van der Waals surface area contributed by atoms with Crippen LogP contribution in [0.15, 0.2) is 54.7 Å². The van der Waals surface area contributed by atoms with Gasteiger partial charge in [-0.3, -0.25) is 14.4 Å². The van der Waals surface area contributed by atoms with E-state index in [4.69, 9.17) is 11.6 Å². The number of halogens is 1. The normalized spacial score (nSPS) is 16.0. The highest BCUT2D eigenvalue weighted by Gasteiger charge is 2.29. The molecule has 1 aliphatic heterocycles. The SMILES string of the molecule is O=C(C[C@@H]1NC(=O)c2ccccc2NC1=O)NCCn1ccc2ccc(Cl)cc21. The first-order valence-electron chi connectivity index (χ1n) is 9.23. The molecule has 1 aromatic heterocycles. The minimum atomic E-state index is -0.930. The molecule has 7 nitrogen and oxygen atoms in total. The number of rotatable bonds is 5. The highest BCUT2D eigenvalue weighted by atomic mass is 35.5. The fourth-order valence-corrected chi connectivity index (χ4v) is 3.55. The fraction of sp³-hybridized carbons (Fsp3) is 0.190. The molecule has 0 radical (unpaired) electrons. The number of para-hydroxylation sites is 1. The zero-order valence-corrected chi connectivity index (χ0v) is 16.2. The average Bonchev–Trinajstić information content (AvgIpc) is 3.04. The monoisotopic (exact) mass is 410 g/mol. The third kappa shape index (κ3) is 4.09. The topological polar surface area (TPSA) is 92.2 Å². The highest BCUT2D eigenvalue weighted by molar-refractivity contribution is 6.31. The molecule has 2 heterocycles. The second-order valence-corrected chi connectivity index (χ2v) is 7.26. The molecule has 0 fully saturated rings. The van der Waals surface area contributed by atoms with E-state index in [0.29, 0.717) is 29.4 Å². The third-order valence-electron chi connectivity index (χ3n) is 4.85. The maximum absolute atomic E-state index is 12.4. The molecule has 1 atom stereocenters. The number of fused-ring (bicyclic) bond motifs is 2. The number of aromatic nitrogens is 1. The molecule has 1 aliphatic rings.